The predicted molar refractivity (Wildman–Crippen MR) is 130 cm³/mol. The van der Waals surface area contributed by atoms with Gasteiger partial charge in [-0.15, -0.1) is 0 Å². The summed E-state index contributed by atoms with van der Waals surface area (Å²) in [6.07, 6.45) is 3.71. The molecule has 1 N–H and O–H groups in total. The van der Waals surface area contributed by atoms with Crippen LogP contribution in [0.1, 0.15) is 42.7 Å². The lowest BCUT2D eigenvalue weighted by atomic mass is 9.89. The minimum atomic E-state index is -0.211. The summed E-state index contributed by atoms with van der Waals surface area (Å²) in [7, 11) is 0. The number of nitrogens with one attached hydrogen (secondary N) is 1. The molecule has 0 aliphatic carbocycles. The number of halogens is 1. The third-order valence-electron chi connectivity index (χ3n) is 6.81. The van der Waals surface area contributed by atoms with Gasteiger partial charge < -0.3 is 10.1 Å². The van der Waals surface area contributed by atoms with Crippen molar-refractivity contribution in [3.8, 4) is 0 Å². The van der Waals surface area contributed by atoms with Gasteiger partial charge in [0.25, 0.3) is 5.91 Å². The van der Waals surface area contributed by atoms with E-state index in [0.717, 1.165) is 29.3 Å². The topological polar surface area (TPSA) is 59.4 Å². The van der Waals surface area contributed by atoms with E-state index in [-0.39, 0.29) is 29.8 Å². The standard InChI is InChI=1S/C27H31FN4O2/c1-18(2)10-11-32-25-9-4-3-8-24(25)26(30-32)27(33)29-21-13-22-16-34-17-23(14-21)31(22)15-19-6-5-7-20(28)12-19/h3-10,12,21-23H,11,13-17H2,1-2H3,(H,29,33). The van der Waals surface area contributed by atoms with Crippen LogP contribution in [0.3, 0.4) is 0 Å². The van der Waals surface area contributed by atoms with Gasteiger partial charge in [-0.25, -0.2) is 4.39 Å². The molecule has 3 aromatic rings. The Kier molecular flexibility index (Phi) is 6.48. The van der Waals surface area contributed by atoms with E-state index < -0.39 is 0 Å². The van der Waals surface area contributed by atoms with Crippen LogP contribution >= 0.6 is 0 Å². The van der Waals surface area contributed by atoms with Crippen LogP contribution < -0.4 is 5.32 Å². The zero-order valence-electron chi connectivity index (χ0n) is 19.7. The van der Waals surface area contributed by atoms with Gasteiger partial charge in [0.05, 0.1) is 25.3 Å². The quantitative estimate of drug-likeness (QED) is 0.555. The Balaban J connectivity index is 1.31. The highest BCUT2D eigenvalue weighted by Gasteiger charge is 2.39. The van der Waals surface area contributed by atoms with Crippen LogP contribution in [-0.2, 0) is 17.8 Å². The molecule has 2 aliphatic heterocycles. The minimum Gasteiger partial charge on any atom is -0.378 e. The van der Waals surface area contributed by atoms with E-state index in [9.17, 15) is 9.18 Å². The van der Waals surface area contributed by atoms with E-state index in [4.69, 9.17) is 4.74 Å². The second-order valence-electron chi connectivity index (χ2n) is 9.62. The Morgan fingerprint density at radius 2 is 1.91 bits per heavy atom. The van der Waals surface area contributed by atoms with Crippen molar-refractivity contribution < 1.29 is 13.9 Å². The predicted octanol–water partition coefficient (Wildman–Crippen LogP) is 4.30. The molecule has 2 saturated heterocycles. The first-order valence-corrected chi connectivity index (χ1v) is 12.0. The first kappa shape index (κ1) is 22.7. The van der Waals surface area contributed by atoms with Crippen LogP contribution in [0, 0.1) is 5.82 Å². The number of benzene rings is 2. The Bertz CT molecular complexity index is 1200. The average molecular weight is 463 g/mol. The van der Waals surface area contributed by atoms with E-state index in [1.807, 2.05) is 35.0 Å². The lowest BCUT2D eigenvalue weighted by molar-refractivity contribution is -0.0843. The molecule has 6 nitrogen and oxygen atoms in total. The number of piperidine rings is 1. The van der Waals surface area contributed by atoms with Gasteiger partial charge in [0.1, 0.15) is 5.82 Å². The van der Waals surface area contributed by atoms with Gasteiger partial charge in [-0.3, -0.25) is 14.4 Å². The van der Waals surface area contributed by atoms with Crippen molar-refractivity contribution in [2.75, 3.05) is 13.2 Å². The van der Waals surface area contributed by atoms with Crippen molar-refractivity contribution in [1.29, 1.82) is 0 Å². The Labute approximate surface area is 199 Å². The van der Waals surface area contributed by atoms with Gasteiger partial charge in [0.15, 0.2) is 5.69 Å². The molecule has 0 saturated carbocycles. The number of para-hydroxylation sites is 1. The summed E-state index contributed by atoms with van der Waals surface area (Å²) >= 11 is 0. The van der Waals surface area contributed by atoms with Gasteiger partial charge in [0.2, 0.25) is 0 Å². The zero-order chi connectivity index (χ0) is 23.7. The summed E-state index contributed by atoms with van der Waals surface area (Å²) in [6, 6.07) is 15.1. The van der Waals surface area contributed by atoms with E-state index in [1.54, 1.807) is 12.1 Å². The molecule has 2 aromatic carbocycles. The molecule has 1 aromatic heterocycles. The lowest BCUT2D eigenvalue weighted by Crippen LogP contribution is -2.60. The minimum absolute atomic E-state index is 0.0526. The number of nitrogens with zero attached hydrogens (tertiary/aromatic N) is 3. The molecule has 3 heterocycles. The van der Waals surface area contributed by atoms with Gasteiger partial charge in [-0.05, 0) is 50.5 Å². The average Bonchev–Trinajstić information content (AvgIpc) is 3.17. The fraction of sp³-hybridized carbons (Fsp3) is 0.407. The van der Waals surface area contributed by atoms with Crippen molar-refractivity contribution in [3.05, 3.63) is 77.3 Å². The lowest BCUT2D eigenvalue weighted by Gasteiger charge is -2.48. The number of aromatic nitrogens is 2. The van der Waals surface area contributed by atoms with Crippen LogP contribution in [-0.4, -0.2) is 51.9 Å². The largest absolute Gasteiger partial charge is 0.378 e. The van der Waals surface area contributed by atoms with Gasteiger partial charge in [-0.2, -0.15) is 5.10 Å². The second-order valence-corrected chi connectivity index (χ2v) is 9.62. The van der Waals surface area contributed by atoms with Gasteiger partial charge in [-0.1, -0.05) is 42.0 Å². The Morgan fingerprint density at radius 3 is 2.65 bits per heavy atom. The first-order chi connectivity index (χ1) is 16.5. The number of hydrogen-bond acceptors (Lipinski definition) is 4. The monoisotopic (exact) mass is 462 g/mol. The van der Waals surface area contributed by atoms with Crippen LogP contribution in [0.5, 0.6) is 0 Å². The third kappa shape index (κ3) is 4.76. The number of ether oxygens (including phenoxy) is 1. The molecule has 2 fully saturated rings. The van der Waals surface area contributed by atoms with Crippen LogP contribution in [0.15, 0.2) is 60.2 Å². The summed E-state index contributed by atoms with van der Waals surface area (Å²) in [5.41, 5.74) is 3.61. The summed E-state index contributed by atoms with van der Waals surface area (Å²) in [6.45, 7) is 6.69. The summed E-state index contributed by atoms with van der Waals surface area (Å²) < 4.78 is 21.4. The van der Waals surface area contributed by atoms with Crippen molar-refractivity contribution in [3.63, 3.8) is 0 Å². The Hall–Kier alpha value is -3.03. The Morgan fingerprint density at radius 1 is 1.15 bits per heavy atom. The summed E-state index contributed by atoms with van der Waals surface area (Å²) in [5, 5.41) is 8.79. The van der Waals surface area contributed by atoms with Crippen LogP contribution in [0.2, 0.25) is 0 Å². The number of allylic oxidation sites excluding steroid dienone is 2. The van der Waals surface area contributed by atoms with Crippen molar-refractivity contribution in [2.24, 2.45) is 0 Å². The van der Waals surface area contributed by atoms with Crippen LogP contribution in [0.25, 0.3) is 10.9 Å². The van der Waals surface area contributed by atoms with E-state index >= 15 is 0 Å². The number of carbonyl (C=O) groups excluding carboxylic acids is 1. The zero-order valence-corrected chi connectivity index (χ0v) is 19.7. The maximum absolute atomic E-state index is 13.7. The van der Waals surface area contributed by atoms with E-state index in [1.165, 1.54) is 11.6 Å². The molecular formula is C27H31FN4O2. The fourth-order valence-corrected chi connectivity index (χ4v) is 5.17. The molecule has 2 bridgehead atoms. The van der Waals surface area contributed by atoms with Gasteiger partial charge in [0, 0.05) is 30.1 Å². The molecule has 178 valence electrons. The fourth-order valence-electron chi connectivity index (χ4n) is 5.17. The van der Waals surface area contributed by atoms with Gasteiger partial charge >= 0.3 is 0 Å². The van der Waals surface area contributed by atoms with E-state index in [2.05, 4.69) is 35.2 Å². The molecule has 0 radical (unpaired) electrons. The number of fused-ring (bicyclic) bond motifs is 3. The highest BCUT2D eigenvalue weighted by atomic mass is 19.1. The first-order valence-electron chi connectivity index (χ1n) is 12.0. The van der Waals surface area contributed by atoms with Crippen LogP contribution in [0.4, 0.5) is 4.39 Å². The molecule has 1 amide bonds. The number of rotatable bonds is 6. The van der Waals surface area contributed by atoms with Crippen molar-refractivity contribution in [2.45, 2.75) is 57.9 Å². The third-order valence-corrected chi connectivity index (χ3v) is 6.81. The van der Waals surface area contributed by atoms with E-state index in [0.29, 0.717) is 32.0 Å². The molecule has 34 heavy (non-hydrogen) atoms. The summed E-state index contributed by atoms with van der Waals surface area (Å²) in [4.78, 5) is 15.7. The number of hydrogen-bond donors (Lipinski definition) is 1. The number of carbonyl (C=O) groups is 1. The molecule has 2 unspecified atom stereocenters. The molecular weight excluding hydrogens is 431 g/mol. The molecule has 0 spiro atoms. The highest BCUT2D eigenvalue weighted by Crippen LogP contribution is 2.30. The van der Waals surface area contributed by atoms with Crippen molar-refractivity contribution >= 4 is 16.8 Å². The molecule has 2 atom stereocenters. The smallest absolute Gasteiger partial charge is 0.272 e. The second kappa shape index (κ2) is 9.68. The number of morpholine rings is 1. The SMILES string of the molecule is CC(C)=CCn1nc(C(=O)NC2CC3COCC(C2)N3Cc2cccc(F)c2)c2ccccc21. The normalized spacial score (nSPS) is 22.5. The molecule has 7 heteroatoms. The summed E-state index contributed by atoms with van der Waals surface area (Å²) in [5.74, 6) is -0.341. The highest BCUT2D eigenvalue weighted by molar-refractivity contribution is 6.05. The van der Waals surface area contributed by atoms with Crippen molar-refractivity contribution in [1.82, 2.24) is 20.0 Å². The number of amides is 1. The maximum Gasteiger partial charge on any atom is 0.272 e. The molecule has 5 rings (SSSR count). The molecule has 2 aliphatic rings. The maximum atomic E-state index is 13.7.